The number of piperazine rings is 2. The van der Waals surface area contributed by atoms with Gasteiger partial charge in [-0.15, -0.1) is 0 Å². The van der Waals surface area contributed by atoms with Crippen molar-refractivity contribution in [2.45, 2.75) is 224 Å². The Hall–Kier alpha value is -3.25. The van der Waals surface area contributed by atoms with E-state index >= 15 is 0 Å². The van der Waals surface area contributed by atoms with Crippen LogP contribution >= 0.6 is 10.7 Å². The van der Waals surface area contributed by atoms with Gasteiger partial charge < -0.3 is 29.5 Å². The van der Waals surface area contributed by atoms with E-state index < -0.39 is 30.3 Å². The number of nitrogens with one attached hydrogen (secondary N) is 1. The van der Waals surface area contributed by atoms with Crippen LogP contribution in [0.1, 0.15) is 190 Å². The molecule has 2 aromatic carbocycles. The van der Waals surface area contributed by atoms with E-state index in [-0.39, 0.29) is 69.4 Å². The highest BCUT2D eigenvalue weighted by Gasteiger charge is 2.47. The van der Waals surface area contributed by atoms with E-state index in [1.54, 1.807) is 28.6 Å². The molecule has 0 spiro atoms. The number of hydrogen-bond acceptors (Lipinski definition) is 14. The molecular formula is C68H114ClF2N9O8S2. The summed E-state index contributed by atoms with van der Waals surface area (Å²) in [5.41, 5.74) is 1.25. The van der Waals surface area contributed by atoms with E-state index in [1.807, 2.05) is 63.5 Å². The van der Waals surface area contributed by atoms with Crippen molar-refractivity contribution in [3.8, 4) is 0 Å². The smallest absolute Gasteiger partial charge is 0.410 e. The van der Waals surface area contributed by atoms with Crippen LogP contribution in [0.15, 0.2) is 48.5 Å². The van der Waals surface area contributed by atoms with E-state index in [2.05, 4.69) is 84.3 Å². The molecule has 6 heterocycles. The van der Waals surface area contributed by atoms with Crippen LogP contribution in [-0.2, 0) is 28.5 Å². The van der Waals surface area contributed by atoms with Crippen LogP contribution in [0.4, 0.5) is 18.4 Å². The van der Waals surface area contributed by atoms with Gasteiger partial charge in [-0.2, -0.15) is 0 Å². The summed E-state index contributed by atoms with van der Waals surface area (Å²) in [6.07, 6.45) is 10.2. The van der Waals surface area contributed by atoms with Gasteiger partial charge in [-0.05, 0) is 226 Å². The summed E-state index contributed by atoms with van der Waals surface area (Å²) in [7, 11) is -1.42. The van der Waals surface area contributed by atoms with E-state index in [4.69, 9.17) is 20.2 Å². The number of piperidine rings is 4. The molecule has 8 fully saturated rings. The number of carbonyl (C=O) groups is 2. The second kappa shape index (κ2) is 32.0. The summed E-state index contributed by atoms with van der Waals surface area (Å²) >= 11 is 0. The predicted octanol–water partition coefficient (Wildman–Crippen LogP) is 11.6. The minimum atomic E-state index is -3.17. The zero-order valence-electron chi connectivity index (χ0n) is 57.0. The van der Waals surface area contributed by atoms with Crippen LogP contribution in [0.5, 0.6) is 0 Å². The largest absolute Gasteiger partial charge is 0.444 e. The van der Waals surface area contributed by atoms with Crippen molar-refractivity contribution < 1.29 is 44.7 Å². The van der Waals surface area contributed by atoms with Crippen LogP contribution in [0.25, 0.3) is 0 Å². The van der Waals surface area contributed by atoms with Gasteiger partial charge in [0.1, 0.15) is 22.8 Å². The van der Waals surface area contributed by atoms with E-state index in [0.29, 0.717) is 38.1 Å². The Bertz CT molecular complexity index is 2820. The van der Waals surface area contributed by atoms with Gasteiger partial charge in [0.15, 0.2) is 0 Å². The number of amides is 2. The van der Waals surface area contributed by atoms with Gasteiger partial charge in [0.2, 0.25) is 19.1 Å². The first kappa shape index (κ1) is 74.1. The molecule has 2 saturated carbocycles. The molecular weight excluding hydrogens is 1210 g/mol. The average molecular weight is 1320 g/mol. The molecule has 17 nitrogen and oxygen atoms in total. The van der Waals surface area contributed by atoms with Gasteiger partial charge in [0.25, 0.3) is 0 Å². The summed E-state index contributed by atoms with van der Waals surface area (Å²) in [5.74, 6) is 0.442. The number of carbonyl (C=O) groups excluding carboxylic acids is 2. The third-order valence-corrected chi connectivity index (χ3v) is 24.7. The first-order valence-corrected chi connectivity index (χ1v) is 38.0. The maximum Gasteiger partial charge on any atom is 0.410 e. The molecule has 0 bridgehead atoms. The topological polar surface area (TPSA) is 159 Å². The number of hydrogen-bond donors (Lipinski definition) is 1. The van der Waals surface area contributed by atoms with Gasteiger partial charge in [0, 0.05) is 124 Å². The molecule has 2 aromatic rings. The molecule has 6 saturated heterocycles. The lowest BCUT2D eigenvalue weighted by Gasteiger charge is -2.54. The maximum atomic E-state index is 14.5. The Labute approximate surface area is 546 Å². The summed E-state index contributed by atoms with van der Waals surface area (Å²) < 4.78 is 87.6. The molecule has 2 aliphatic carbocycles. The van der Waals surface area contributed by atoms with Crippen molar-refractivity contribution in [3.63, 3.8) is 0 Å². The van der Waals surface area contributed by atoms with E-state index in [1.165, 1.54) is 25.7 Å². The monoisotopic (exact) mass is 1320 g/mol. The number of sulfonamides is 1. The Morgan fingerprint density at radius 1 is 0.589 bits per heavy atom. The van der Waals surface area contributed by atoms with Gasteiger partial charge in [-0.1, -0.05) is 45.0 Å². The summed E-state index contributed by atoms with van der Waals surface area (Å²) in [6.45, 7) is 42.6. The van der Waals surface area contributed by atoms with Gasteiger partial charge >= 0.3 is 12.2 Å². The van der Waals surface area contributed by atoms with E-state index in [0.717, 1.165) is 154 Å². The molecule has 8 aliphatic rings. The second-order valence-electron chi connectivity index (χ2n) is 29.4. The van der Waals surface area contributed by atoms with Crippen molar-refractivity contribution >= 4 is 41.9 Å². The van der Waals surface area contributed by atoms with Gasteiger partial charge in [-0.25, -0.2) is 39.5 Å². The highest BCUT2D eigenvalue weighted by molar-refractivity contribution is 8.14. The highest BCUT2D eigenvalue weighted by Crippen LogP contribution is 2.43. The molecule has 0 radical (unpaired) electrons. The second-order valence-corrected chi connectivity index (χ2v) is 34.5. The van der Waals surface area contributed by atoms with E-state index in [9.17, 15) is 35.2 Å². The fraction of sp³-hybridized carbons (Fsp3) is 0.794. The minimum absolute atomic E-state index is 0.00965. The average Bonchev–Trinajstić information content (AvgIpc) is 1.84. The maximum absolute atomic E-state index is 14.5. The quantitative estimate of drug-likeness (QED) is 0.178. The SMILES string of the molecule is CCN(CC)CC.C[C@H]1CN(C2(C)CCN(C(=O)OC(C)(C)C)CC2)CCN1C(c1cccc(F)c1)C1CCN(S(=O)(=O)C2CC2)CC1.C[C@H]1CN(C2(C)CCN(C(=O)OC(C)(C)C)CC2)CCN1C(c1cccc(F)c1)C1CCNCC1.O=S(=O)(Cl)C1CC1. The molecule has 10 rings (SSSR count). The third-order valence-electron chi connectivity index (χ3n) is 20.3. The number of nitrogens with zero attached hydrogens (tertiary/aromatic N) is 8. The van der Waals surface area contributed by atoms with Gasteiger partial charge in [-0.3, -0.25) is 19.6 Å². The molecule has 4 atom stereocenters. The van der Waals surface area contributed by atoms with Gasteiger partial charge in [0.05, 0.1) is 10.5 Å². The van der Waals surface area contributed by atoms with Crippen molar-refractivity contribution in [1.29, 1.82) is 0 Å². The first-order valence-electron chi connectivity index (χ1n) is 34.1. The van der Waals surface area contributed by atoms with Crippen molar-refractivity contribution in [2.75, 3.05) is 111 Å². The number of ether oxygens (including phenoxy) is 2. The number of halogens is 3. The molecule has 2 unspecified atom stereocenters. The number of rotatable bonds is 14. The van der Waals surface area contributed by atoms with Crippen LogP contribution in [-0.4, -0.2) is 224 Å². The molecule has 1 N–H and O–H groups in total. The lowest BCUT2D eigenvalue weighted by atomic mass is 9.82. The summed E-state index contributed by atoms with van der Waals surface area (Å²) in [4.78, 5) is 41.6. The first-order chi connectivity index (χ1) is 42.3. The van der Waals surface area contributed by atoms with Crippen LogP contribution in [0, 0.1) is 23.5 Å². The molecule has 22 heteroatoms. The Morgan fingerprint density at radius 3 is 1.27 bits per heavy atom. The molecule has 512 valence electrons. The molecule has 0 aromatic heterocycles. The van der Waals surface area contributed by atoms with Crippen LogP contribution in [0.2, 0.25) is 0 Å². The minimum Gasteiger partial charge on any atom is -0.444 e. The fourth-order valence-electron chi connectivity index (χ4n) is 14.4. The fourth-order valence-corrected chi connectivity index (χ4v) is 17.5. The third kappa shape index (κ3) is 20.9. The van der Waals surface area contributed by atoms with Crippen molar-refractivity contribution in [1.82, 2.24) is 43.9 Å². The van der Waals surface area contributed by atoms with Crippen LogP contribution in [0.3, 0.4) is 0 Å². The summed E-state index contributed by atoms with van der Waals surface area (Å²) in [6, 6.07) is 15.2. The number of likely N-dealkylation sites (tertiary alicyclic amines) is 2. The Morgan fingerprint density at radius 2 is 0.967 bits per heavy atom. The van der Waals surface area contributed by atoms with Crippen molar-refractivity contribution in [2.24, 2.45) is 11.8 Å². The lowest BCUT2D eigenvalue weighted by molar-refractivity contribution is -0.0473. The zero-order valence-corrected chi connectivity index (χ0v) is 59.4. The standard InChI is InChI=1S/C31H49FN4O4S.C28H45FN4O2.C6H15N.C3H5ClO2S/c1-23-22-34(31(5)13-17-33(18-14-31)29(37)40-30(2,3)4)19-20-36(23)28(25-7-6-8-26(32)21-25)24-11-15-35(16-12-24)41(38,39)27-9-10-27;1-21-20-32(28(5)11-15-31(16-12-28)26(34)35-27(2,3)4)17-18-33(21)25(22-9-13-30-14-10-22)23-7-6-8-24(29)19-23;1-4-7(5-2)6-3;4-7(5,6)3-1-2-3/h6-8,21,23-24,27-28H,9-20,22H2,1-5H3;6-8,19,21-22,25,30H,9-18,20H2,1-5H3;4-6H2,1-3H3;3H,1-2H2/t23-,28?;21-,25?;;/m00../s1. The Kier molecular flexibility index (Phi) is 26.4. The highest BCUT2D eigenvalue weighted by atomic mass is 35.7. The summed E-state index contributed by atoms with van der Waals surface area (Å²) in [5, 5.41) is 3.10. The zero-order chi connectivity index (χ0) is 66.0. The van der Waals surface area contributed by atoms with Crippen LogP contribution < -0.4 is 5.32 Å². The predicted molar refractivity (Wildman–Crippen MR) is 358 cm³/mol. The Balaban J connectivity index is 0.000000212. The normalized spacial score (nSPS) is 24.7. The van der Waals surface area contributed by atoms with Crippen molar-refractivity contribution in [3.05, 3.63) is 71.3 Å². The molecule has 6 aliphatic heterocycles. The number of benzene rings is 2. The lowest BCUT2D eigenvalue weighted by Crippen LogP contribution is -2.63. The molecule has 2 amide bonds. The molecule has 90 heavy (non-hydrogen) atoms.